The average Bonchev–Trinajstić information content (AvgIpc) is 2.11. The Kier molecular flexibility index (Phi) is 2.24. The van der Waals surface area contributed by atoms with Crippen LogP contribution in [0.5, 0.6) is 0 Å². The molecule has 0 unspecified atom stereocenters. The third-order valence-electron chi connectivity index (χ3n) is 2.52. The van der Waals surface area contributed by atoms with E-state index in [1.54, 1.807) is 0 Å². The first-order chi connectivity index (χ1) is 4.93. The van der Waals surface area contributed by atoms with Gasteiger partial charge in [0.15, 0.2) is 0 Å². The maximum absolute atomic E-state index is 13.1. The minimum atomic E-state index is -0.616. The fourth-order valence-electron chi connectivity index (χ4n) is 1.85. The maximum atomic E-state index is 13.1. The first-order valence-electron chi connectivity index (χ1n) is 4.34. The van der Waals surface area contributed by atoms with E-state index in [1.807, 2.05) is 6.92 Å². The molecule has 1 nitrogen and oxygen atoms in total. The number of hydrogen-bond donors (Lipinski definition) is 0. The molecule has 1 heterocycles. The molecule has 1 fully saturated rings. The highest BCUT2D eigenvalue weighted by atomic mass is 19.1. The molecule has 11 heavy (non-hydrogen) atoms. The van der Waals surface area contributed by atoms with Crippen LogP contribution in [0, 0.1) is 0 Å². The average molecular weight is 159 g/mol. The molecule has 0 saturated carbocycles. The Hall–Kier alpha value is -0.110. The number of likely N-dealkylation sites (tertiary alicyclic amines) is 1. The zero-order chi connectivity index (χ0) is 8.65. The summed E-state index contributed by atoms with van der Waals surface area (Å²) in [6.07, 6.45) is 0.0903. The van der Waals surface area contributed by atoms with E-state index in [1.165, 1.54) is 0 Å². The van der Waals surface area contributed by atoms with Gasteiger partial charge in [0.1, 0.15) is 6.17 Å². The highest BCUT2D eigenvalue weighted by molar-refractivity contribution is 4.90. The zero-order valence-corrected chi connectivity index (χ0v) is 7.89. The van der Waals surface area contributed by atoms with Gasteiger partial charge in [0.2, 0.25) is 0 Å². The van der Waals surface area contributed by atoms with E-state index in [9.17, 15) is 4.39 Å². The van der Waals surface area contributed by atoms with Gasteiger partial charge in [-0.1, -0.05) is 0 Å². The molecule has 0 bridgehead atoms. The lowest BCUT2D eigenvalue weighted by Gasteiger charge is -2.35. The van der Waals surface area contributed by atoms with Crippen molar-refractivity contribution in [1.82, 2.24) is 4.90 Å². The number of nitrogens with zero attached hydrogens (tertiary/aromatic N) is 1. The Morgan fingerprint density at radius 1 is 1.36 bits per heavy atom. The molecule has 2 heteroatoms. The van der Waals surface area contributed by atoms with Crippen molar-refractivity contribution in [3.8, 4) is 0 Å². The summed E-state index contributed by atoms with van der Waals surface area (Å²) in [7, 11) is 0. The van der Waals surface area contributed by atoms with Crippen LogP contribution >= 0.6 is 0 Å². The standard InChI is InChI=1S/C9H18FN/c1-7-8(10)5-6-11(7)9(2,3)4/h7-8H,5-6H2,1-4H3/t7-,8+/m1/s1. The summed E-state index contributed by atoms with van der Waals surface area (Å²) in [5.41, 5.74) is 0.125. The Morgan fingerprint density at radius 3 is 2.09 bits per heavy atom. The molecule has 0 aromatic rings. The number of halogens is 1. The Morgan fingerprint density at radius 2 is 1.91 bits per heavy atom. The third kappa shape index (κ3) is 1.73. The van der Waals surface area contributed by atoms with Gasteiger partial charge >= 0.3 is 0 Å². The first-order valence-corrected chi connectivity index (χ1v) is 4.34. The predicted molar refractivity (Wildman–Crippen MR) is 45.4 cm³/mol. The minimum absolute atomic E-state index is 0.106. The van der Waals surface area contributed by atoms with Crippen LogP contribution in [0.3, 0.4) is 0 Å². The summed E-state index contributed by atoms with van der Waals surface area (Å²) in [6, 6.07) is 0.106. The molecule has 0 aromatic carbocycles. The van der Waals surface area contributed by atoms with Crippen LogP contribution in [-0.2, 0) is 0 Å². The molecule has 0 spiro atoms. The van der Waals surface area contributed by atoms with Gasteiger partial charge in [0, 0.05) is 18.1 Å². The monoisotopic (exact) mass is 159 g/mol. The smallest absolute Gasteiger partial charge is 0.117 e. The van der Waals surface area contributed by atoms with E-state index in [0.29, 0.717) is 6.42 Å². The molecule has 0 radical (unpaired) electrons. The lowest BCUT2D eigenvalue weighted by atomic mass is 10.1. The second-order valence-electron chi connectivity index (χ2n) is 4.41. The van der Waals surface area contributed by atoms with Crippen LogP contribution in [0.4, 0.5) is 4.39 Å². The van der Waals surface area contributed by atoms with Crippen molar-refractivity contribution >= 4 is 0 Å². The Balaban J connectivity index is 2.62. The van der Waals surface area contributed by atoms with Crippen molar-refractivity contribution in [2.75, 3.05) is 6.54 Å². The van der Waals surface area contributed by atoms with Crippen LogP contribution < -0.4 is 0 Å². The molecule has 0 aromatic heterocycles. The van der Waals surface area contributed by atoms with Gasteiger partial charge in [0.25, 0.3) is 0 Å². The summed E-state index contributed by atoms with van der Waals surface area (Å²) in [6.45, 7) is 9.30. The van der Waals surface area contributed by atoms with Crippen molar-refractivity contribution in [3.05, 3.63) is 0 Å². The predicted octanol–water partition coefficient (Wildman–Crippen LogP) is 2.22. The fraction of sp³-hybridized carbons (Fsp3) is 1.00. The molecule has 1 rings (SSSR count). The molecule has 2 atom stereocenters. The van der Waals surface area contributed by atoms with E-state index in [4.69, 9.17) is 0 Å². The summed E-state index contributed by atoms with van der Waals surface area (Å²) in [4.78, 5) is 2.23. The quantitative estimate of drug-likeness (QED) is 0.524. The largest absolute Gasteiger partial charge is 0.293 e. The zero-order valence-electron chi connectivity index (χ0n) is 7.89. The lowest BCUT2D eigenvalue weighted by Crippen LogP contribution is -2.44. The first kappa shape index (κ1) is 8.98. The van der Waals surface area contributed by atoms with Crippen LogP contribution in [0.15, 0.2) is 0 Å². The summed E-state index contributed by atoms with van der Waals surface area (Å²) >= 11 is 0. The number of rotatable bonds is 0. The van der Waals surface area contributed by atoms with Crippen molar-refractivity contribution in [3.63, 3.8) is 0 Å². The lowest BCUT2D eigenvalue weighted by molar-refractivity contribution is 0.107. The van der Waals surface area contributed by atoms with Gasteiger partial charge in [-0.25, -0.2) is 4.39 Å². The van der Waals surface area contributed by atoms with E-state index in [0.717, 1.165) is 6.54 Å². The minimum Gasteiger partial charge on any atom is -0.293 e. The number of alkyl halides is 1. The topological polar surface area (TPSA) is 3.24 Å². The number of hydrogen-bond acceptors (Lipinski definition) is 1. The van der Waals surface area contributed by atoms with Crippen molar-refractivity contribution in [2.45, 2.75) is 51.9 Å². The molecular weight excluding hydrogens is 141 g/mol. The van der Waals surface area contributed by atoms with E-state index < -0.39 is 6.17 Å². The van der Waals surface area contributed by atoms with Gasteiger partial charge in [-0.05, 0) is 34.1 Å². The van der Waals surface area contributed by atoms with Gasteiger partial charge in [-0.15, -0.1) is 0 Å². The van der Waals surface area contributed by atoms with Crippen LogP contribution in [0.25, 0.3) is 0 Å². The van der Waals surface area contributed by atoms with Gasteiger partial charge in [-0.3, -0.25) is 4.90 Å². The fourth-order valence-corrected chi connectivity index (χ4v) is 1.85. The molecular formula is C9H18FN. The molecule has 1 aliphatic heterocycles. The molecule has 0 aliphatic carbocycles. The SMILES string of the molecule is C[C@@H]1[C@@H](F)CCN1C(C)(C)C. The van der Waals surface area contributed by atoms with E-state index in [2.05, 4.69) is 25.7 Å². The van der Waals surface area contributed by atoms with Crippen molar-refractivity contribution < 1.29 is 4.39 Å². The molecule has 1 aliphatic rings. The third-order valence-corrected chi connectivity index (χ3v) is 2.52. The Bertz CT molecular complexity index is 139. The van der Waals surface area contributed by atoms with E-state index in [-0.39, 0.29) is 11.6 Å². The summed E-state index contributed by atoms with van der Waals surface area (Å²) in [5, 5.41) is 0. The normalized spacial score (nSPS) is 34.6. The van der Waals surface area contributed by atoms with Crippen molar-refractivity contribution in [2.24, 2.45) is 0 Å². The van der Waals surface area contributed by atoms with Crippen LogP contribution in [0.1, 0.15) is 34.1 Å². The summed E-state index contributed by atoms with van der Waals surface area (Å²) < 4.78 is 13.1. The Labute approximate surface area is 68.6 Å². The van der Waals surface area contributed by atoms with Crippen molar-refractivity contribution in [1.29, 1.82) is 0 Å². The van der Waals surface area contributed by atoms with Gasteiger partial charge < -0.3 is 0 Å². The van der Waals surface area contributed by atoms with Gasteiger partial charge in [-0.2, -0.15) is 0 Å². The van der Waals surface area contributed by atoms with E-state index >= 15 is 0 Å². The highest BCUT2D eigenvalue weighted by Gasteiger charge is 2.36. The molecule has 66 valence electrons. The van der Waals surface area contributed by atoms with Crippen LogP contribution in [0.2, 0.25) is 0 Å². The highest BCUT2D eigenvalue weighted by Crippen LogP contribution is 2.27. The molecule has 0 N–H and O–H groups in total. The van der Waals surface area contributed by atoms with Gasteiger partial charge in [0.05, 0.1) is 0 Å². The molecule has 0 amide bonds. The second-order valence-corrected chi connectivity index (χ2v) is 4.41. The molecule has 1 saturated heterocycles. The second kappa shape index (κ2) is 2.74. The maximum Gasteiger partial charge on any atom is 0.117 e. The van der Waals surface area contributed by atoms with Crippen LogP contribution in [-0.4, -0.2) is 29.2 Å². The summed E-state index contributed by atoms with van der Waals surface area (Å²) in [5.74, 6) is 0.